The Morgan fingerprint density at radius 3 is 2.53 bits per heavy atom. The van der Waals surface area contributed by atoms with Crippen LogP contribution in [0.5, 0.6) is 0 Å². The summed E-state index contributed by atoms with van der Waals surface area (Å²) >= 11 is 0. The molecule has 3 nitrogen and oxygen atoms in total. The fourth-order valence-corrected chi connectivity index (χ4v) is 2.03. The molecule has 3 N–H and O–H groups in total. The van der Waals surface area contributed by atoms with Crippen molar-refractivity contribution < 1.29 is 18.0 Å². The zero-order valence-corrected chi connectivity index (χ0v) is 8.53. The predicted molar refractivity (Wildman–Crippen MR) is 49.0 cm³/mol. The normalized spacial score (nSPS) is 31.9. The van der Waals surface area contributed by atoms with Gasteiger partial charge in [0.15, 0.2) is 0 Å². The summed E-state index contributed by atoms with van der Waals surface area (Å²) in [5.41, 5.74) is 4.00. The van der Waals surface area contributed by atoms with Gasteiger partial charge in [-0.15, -0.1) is 0 Å². The van der Waals surface area contributed by atoms with Gasteiger partial charge in [-0.2, -0.15) is 13.2 Å². The molecule has 1 amide bonds. The molecule has 0 aromatic rings. The van der Waals surface area contributed by atoms with Crippen molar-refractivity contribution in [1.29, 1.82) is 0 Å². The van der Waals surface area contributed by atoms with Crippen LogP contribution in [0.1, 0.15) is 26.2 Å². The minimum Gasteiger partial charge on any atom is -0.368 e. The minimum atomic E-state index is -4.31. The highest BCUT2D eigenvalue weighted by Gasteiger charge is 2.44. The highest BCUT2D eigenvalue weighted by atomic mass is 19.4. The summed E-state index contributed by atoms with van der Waals surface area (Å²) in [6, 6.07) is 0. The Kier molecular flexibility index (Phi) is 3.28. The van der Waals surface area contributed by atoms with E-state index in [9.17, 15) is 18.0 Å². The number of hydrogen-bond acceptors (Lipinski definition) is 2. The molecule has 88 valence electrons. The highest BCUT2D eigenvalue weighted by molar-refractivity contribution is 5.85. The third-order valence-electron chi connectivity index (χ3n) is 2.86. The molecule has 1 aliphatic rings. The van der Waals surface area contributed by atoms with Crippen molar-refractivity contribution in [2.24, 2.45) is 11.7 Å². The van der Waals surface area contributed by atoms with Crippen molar-refractivity contribution in [2.45, 2.75) is 37.9 Å². The molecule has 0 aromatic carbocycles. The van der Waals surface area contributed by atoms with Crippen LogP contribution in [0.2, 0.25) is 0 Å². The summed E-state index contributed by atoms with van der Waals surface area (Å²) in [4.78, 5) is 11.2. The Labute approximate surface area is 86.2 Å². The van der Waals surface area contributed by atoms with Crippen molar-refractivity contribution in [1.82, 2.24) is 5.32 Å². The minimum absolute atomic E-state index is 0.234. The monoisotopic (exact) mass is 224 g/mol. The molecule has 1 aliphatic carbocycles. The molecule has 0 spiro atoms. The number of primary amides is 1. The molecule has 1 fully saturated rings. The van der Waals surface area contributed by atoms with Crippen LogP contribution in [0.25, 0.3) is 0 Å². The van der Waals surface area contributed by atoms with Crippen LogP contribution < -0.4 is 11.1 Å². The summed E-state index contributed by atoms with van der Waals surface area (Å²) in [6.07, 6.45) is -2.81. The van der Waals surface area contributed by atoms with Crippen LogP contribution >= 0.6 is 0 Å². The van der Waals surface area contributed by atoms with Gasteiger partial charge in [-0.25, -0.2) is 0 Å². The molecule has 0 radical (unpaired) electrons. The van der Waals surface area contributed by atoms with Gasteiger partial charge < -0.3 is 5.73 Å². The third-order valence-corrected chi connectivity index (χ3v) is 2.86. The van der Waals surface area contributed by atoms with Crippen LogP contribution in [-0.2, 0) is 4.79 Å². The van der Waals surface area contributed by atoms with E-state index in [1.54, 1.807) is 0 Å². The maximum Gasteiger partial charge on any atom is 0.401 e. The van der Waals surface area contributed by atoms with Crippen LogP contribution in [0.3, 0.4) is 0 Å². The largest absolute Gasteiger partial charge is 0.401 e. The number of rotatable bonds is 3. The van der Waals surface area contributed by atoms with E-state index < -0.39 is 24.2 Å². The van der Waals surface area contributed by atoms with Gasteiger partial charge in [0.1, 0.15) is 0 Å². The van der Waals surface area contributed by atoms with Crippen molar-refractivity contribution in [3.05, 3.63) is 0 Å². The molecule has 0 heterocycles. The number of halogens is 3. The molecule has 2 atom stereocenters. The molecule has 6 heteroatoms. The van der Waals surface area contributed by atoms with Crippen molar-refractivity contribution in [2.75, 3.05) is 6.54 Å². The van der Waals surface area contributed by atoms with E-state index >= 15 is 0 Å². The Morgan fingerprint density at radius 1 is 1.60 bits per heavy atom. The Balaban J connectivity index is 2.64. The van der Waals surface area contributed by atoms with E-state index in [1.807, 2.05) is 6.92 Å². The average molecular weight is 224 g/mol. The van der Waals surface area contributed by atoms with Crippen molar-refractivity contribution in [3.63, 3.8) is 0 Å². The zero-order chi connectivity index (χ0) is 11.7. The van der Waals surface area contributed by atoms with E-state index in [-0.39, 0.29) is 5.92 Å². The van der Waals surface area contributed by atoms with E-state index in [0.717, 1.165) is 6.42 Å². The van der Waals surface area contributed by atoms with Gasteiger partial charge in [-0.1, -0.05) is 6.92 Å². The fourth-order valence-electron chi connectivity index (χ4n) is 2.03. The molecule has 0 aliphatic heterocycles. The Bertz CT molecular complexity index is 254. The molecular formula is C9H15F3N2O. The lowest BCUT2D eigenvalue weighted by molar-refractivity contribution is -0.136. The van der Waals surface area contributed by atoms with E-state index in [2.05, 4.69) is 5.32 Å². The second-order valence-corrected chi connectivity index (χ2v) is 4.26. The number of carbonyl (C=O) groups excluding carboxylic acids is 1. The van der Waals surface area contributed by atoms with Gasteiger partial charge in [0.05, 0.1) is 12.1 Å². The smallest absolute Gasteiger partial charge is 0.368 e. The first-order valence-electron chi connectivity index (χ1n) is 4.87. The number of nitrogens with one attached hydrogen (secondary N) is 1. The topological polar surface area (TPSA) is 55.1 Å². The number of hydrogen-bond donors (Lipinski definition) is 2. The van der Waals surface area contributed by atoms with Crippen molar-refractivity contribution >= 4 is 5.91 Å². The van der Waals surface area contributed by atoms with Crippen LogP contribution in [0, 0.1) is 5.92 Å². The lowest BCUT2D eigenvalue weighted by Crippen LogP contribution is -2.56. The highest BCUT2D eigenvalue weighted by Crippen LogP contribution is 2.34. The second-order valence-electron chi connectivity index (χ2n) is 4.26. The zero-order valence-electron chi connectivity index (χ0n) is 8.53. The molecule has 0 saturated heterocycles. The average Bonchev–Trinajstić information content (AvgIpc) is 2.44. The summed E-state index contributed by atoms with van der Waals surface area (Å²) < 4.78 is 36.1. The standard InChI is InChI=1S/C9H15F3N2O/c1-6-2-3-8(4-6,7(13)15)14-5-9(10,11)12/h6,14H,2-5H2,1H3,(H2,13,15). The van der Waals surface area contributed by atoms with Crippen LogP contribution in [-0.4, -0.2) is 24.2 Å². The predicted octanol–water partition coefficient (Wildman–Crippen LogP) is 1.18. The maximum absolute atomic E-state index is 12.0. The van der Waals surface area contributed by atoms with E-state index in [0.29, 0.717) is 12.8 Å². The fraction of sp³-hybridized carbons (Fsp3) is 0.889. The Morgan fingerprint density at radius 2 is 2.20 bits per heavy atom. The van der Waals surface area contributed by atoms with Crippen LogP contribution in [0.4, 0.5) is 13.2 Å². The summed E-state index contributed by atoms with van der Waals surface area (Å²) in [5.74, 6) is -0.450. The summed E-state index contributed by atoms with van der Waals surface area (Å²) in [7, 11) is 0. The van der Waals surface area contributed by atoms with Gasteiger partial charge in [0.25, 0.3) is 0 Å². The molecular weight excluding hydrogens is 209 g/mol. The molecule has 1 saturated carbocycles. The van der Waals surface area contributed by atoms with Gasteiger partial charge >= 0.3 is 6.18 Å². The molecule has 15 heavy (non-hydrogen) atoms. The quantitative estimate of drug-likeness (QED) is 0.756. The number of amides is 1. The number of nitrogens with two attached hydrogens (primary N) is 1. The van der Waals surface area contributed by atoms with Gasteiger partial charge in [-0.05, 0) is 25.2 Å². The number of alkyl halides is 3. The molecule has 0 bridgehead atoms. The first-order valence-corrected chi connectivity index (χ1v) is 4.87. The first kappa shape index (κ1) is 12.3. The van der Waals surface area contributed by atoms with Gasteiger partial charge in [0, 0.05) is 0 Å². The third kappa shape index (κ3) is 3.09. The lowest BCUT2D eigenvalue weighted by atomic mass is 9.95. The van der Waals surface area contributed by atoms with Crippen molar-refractivity contribution in [3.8, 4) is 0 Å². The van der Waals surface area contributed by atoms with Crippen LogP contribution in [0.15, 0.2) is 0 Å². The molecule has 2 unspecified atom stereocenters. The lowest BCUT2D eigenvalue weighted by Gasteiger charge is -2.27. The summed E-state index contributed by atoms with van der Waals surface area (Å²) in [6.45, 7) is 0.739. The van der Waals surface area contributed by atoms with Gasteiger partial charge in [0.2, 0.25) is 5.91 Å². The SMILES string of the molecule is CC1CCC(NCC(F)(F)F)(C(N)=O)C1. The maximum atomic E-state index is 12.0. The van der Waals surface area contributed by atoms with Gasteiger partial charge in [-0.3, -0.25) is 10.1 Å². The first-order chi connectivity index (χ1) is 6.75. The second kappa shape index (κ2) is 4.00. The molecule has 0 aromatic heterocycles. The Hall–Kier alpha value is -0.780. The van der Waals surface area contributed by atoms with E-state index in [1.165, 1.54) is 0 Å². The molecule has 1 rings (SSSR count). The van der Waals surface area contributed by atoms with E-state index in [4.69, 9.17) is 5.73 Å². The summed E-state index contributed by atoms with van der Waals surface area (Å²) in [5, 5.41) is 2.27. The number of carbonyl (C=O) groups is 1.